The lowest BCUT2D eigenvalue weighted by Crippen LogP contribution is -2.36. The van der Waals surface area contributed by atoms with Gasteiger partial charge in [0.2, 0.25) is 11.8 Å². The minimum absolute atomic E-state index is 0.0463. The fraction of sp³-hybridized carbons (Fsp3) is 0.308. The van der Waals surface area contributed by atoms with Gasteiger partial charge in [-0.1, -0.05) is 12.1 Å². The van der Waals surface area contributed by atoms with E-state index in [1.807, 2.05) is 24.3 Å². The molecule has 0 heterocycles. The number of anilines is 1. The van der Waals surface area contributed by atoms with Crippen LogP contribution in [0.1, 0.15) is 0 Å². The van der Waals surface area contributed by atoms with Crippen LogP contribution in [0.2, 0.25) is 0 Å². The SMILES string of the molecule is CNC(=O)CNCC(=O)Nc1ccccc1SCC#N. The zero-order valence-electron chi connectivity index (χ0n) is 11.1. The van der Waals surface area contributed by atoms with E-state index in [1.165, 1.54) is 18.8 Å². The van der Waals surface area contributed by atoms with Crippen molar-refractivity contribution < 1.29 is 9.59 Å². The topological polar surface area (TPSA) is 94.0 Å². The number of nitrogens with zero attached hydrogens (tertiary/aromatic N) is 1. The van der Waals surface area contributed by atoms with Crippen molar-refractivity contribution in [2.45, 2.75) is 4.90 Å². The van der Waals surface area contributed by atoms with Crippen LogP contribution in [0.4, 0.5) is 5.69 Å². The minimum Gasteiger partial charge on any atom is -0.358 e. The molecule has 0 aromatic heterocycles. The number of rotatable bonds is 7. The van der Waals surface area contributed by atoms with Gasteiger partial charge in [-0.2, -0.15) is 5.26 Å². The maximum atomic E-state index is 11.7. The summed E-state index contributed by atoms with van der Waals surface area (Å²) in [5.41, 5.74) is 0.666. The number of carbonyl (C=O) groups excluding carboxylic acids is 2. The standard InChI is InChI=1S/C13H16N4O2S/c1-15-12(18)8-16-9-13(19)17-10-4-2-3-5-11(10)20-7-6-14/h2-5,16H,7-9H2,1H3,(H,15,18)(H,17,19). The molecule has 1 aromatic rings. The van der Waals surface area contributed by atoms with E-state index in [0.717, 1.165) is 4.90 Å². The van der Waals surface area contributed by atoms with Crippen molar-refractivity contribution in [1.82, 2.24) is 10.6 Å². The third-order valence-electron chi connectivity index (χ3n) is 2.30. The first kappa shape index (κ1) is 16.0. The summed E-state index contributed by atoms with van der Waals surface area (Å²) in [5, 5.41) is 16.5. The predicted molar refractivity (Wildman–Crippen MR) is 78.3 cm³/mol. The maximum absolute atomic E-state index is 11.7. The summed E-state index contributed by atoms with van der Waals surface area (Å²) in [5.74, 6) is -0.0939. The van der Waals surface area contributed by atoms with Crippen LogP contribution in [0.15, 0.2) is 29.2 Å². The molecular weight excluding hydrogens is 276 g/mol. The number of hydrogen-bond donors (Lipinski definition) is 3. The van der Waals surface area contributed by atoms with Crippen LogP contribution >= 0.6 is 11.8 Å². The molecular formula is C13H16N4O2S. The lowest BCUT2D eigenvalue weighted by atomic mass is 10.3. The fourth-order valence-electron chi connectivity index (χ4n) is 1.38. The molecule has 0 aliphatic carbocycles. The number of para-hydroxylation sites is 1. The lowest BCUT2D eigenvalue weighted by molar-refractivity contribution is -0.119. The van der Waals surface area contributed by atoms with Gasteiger partial charge < -0.3 is 10.6 Å². The Morgan fingerprint density at radius 2 is 1.95 bits per heavy atom. The van der Waals surface area contributed by atoms with Crippen LogP contribution in [-0.4, -0.2) is 37.7 Å². The second-order valence-electron chi connectivity index (χ2n) is 3.77. The van der Waals surface area contributed by atoms with Gasteiger partial charge in [-0.25, -0.2) is 0 Å². The van der Waals surface area contributed by atoms with E-state index in [0.29, 0.717) is 11.4 Å². The highest BCUT2D eigenvalue weighted by Crippen LogP contribution is 2.26. The van der Waals surface area contributed by atoms with Gasteiger partial charge in [0.15, 0.2) is 0 Å². The average molecular weight is 292 g/mol. The number of hydrogen-bond acceptors (Lipinski definition) is 5. The van der Waals surface area contributed by atoms with Crippen molar-refractivity contribution in [3.8, 4) is 6.07 Å². The van der Waals surface area contributed by atoms with Gasteiger partial charge in [0.1, 0.15) is 0 Å². The first-order chi connectivity index (χ1) is 9.67. The highest BCUT2D eigenvalue weighted by Gasteiger charge is 2.07. The Kier molecular flexibility index (Phi) is 7.17. The van der Waals surface area contributed by atoms with Crippen LogP contribution in [0.5, 0.6) is 0 Å². The van der Waals surface area contributed by atoms with E-state index < -0.39 is 0 Å². The van der Waals surface area contributed by atoms with Gasteiger partial charge in [-0.15, -0.1) is 11.8 Å². The number of thioether (sulfide) groups is 1. The molecule has 0 saturated carbocycles. The van der Waals surface area contributed by atoms with Gasteiger partial charge in [0, 0.05) is 11.9 Å². The Morgan fingerprint density at radius 1 is 1.25 bits per heavy atom. The normalized spacial score (nSPS) is 9.60. The van der Waals surface area contributed by atoms with Crippen LogP contribution in [0, 0.1) is 11.3 Å². The van der Waals surface area contributed by atoms with Gasteiger partial charge >= 0.3 is 0 Å². The monoisotopic (exact) mass is 292 g/mol. The number of benzene rings is 1. The van der Waals surface area contributed by atoms with E-state index in [4.69, 9.17) is 5.26 Å². The van der Waals surface area contributed by atoms with Crippen LogP contribution < -0.4 is 16.0 Å². The van der Waals surface area contributed by atoms with Crippen LogP contribution in [0.3, 0.4) is 0 Å². The number of amides is 2. The number of carbonyl (C=O) groups is 2. The Balaban J connectivity index is 2.49. The molecule has 0 spiro atoms. The number of nitrogens with one attached hydrogen (secondary N) is 3. The van der Waals surface area contributed by atoms with Crippen molar-refractivity contribution in [1.29, 1.82) is 5.26 Å². The molecule has 0 atom stereocenters. The zero-order chi connectivity index (χ0) is 14.8. The van der Waals surface area contributed by atoms with Crippen molar-refractivity contribution in [3.05, 3.63) is 24.3 Å². The molecule has 0 aliphatic heterocycles. The largest absolute Gasteiger partial charge is 0.358 e. The molecule has 7 heteroatoms. The maximum Gasteiger partial charge on any atom is 0.238 e. The first-order valence-electron chi connectivity index (χ1n) is 5.97. The zero-order valence-corrected chi connectivity index (χ0v) is 11.9. The summed E-state index contributed by atoms with van der Waals surface area (Å²) in [6.45, 7) is 0.138. The quantitative estimate of drug-likeness (QED) is 0.639. The second-order valence-corrected chi connectivity index (χ2v) is 4.79. The molecule has 1 rings (SSSR count). The van der Waals surface area contributed by atoms with Crippen LogP contribution in [-0.2, 0) is 9.59 Å². The van der Waals surface area contributed by atoms with Crippen LogP contribution in [0.25, 0.3) is 0 Å². The highest BCUT2D eigenvalue weighted by molar-refractivity contribution is 7.99. The van der Waals surface area contributed by atoms with E-state index in [-0.39, 0.29) is 24.9 Å². The minimum atomic E-state index is -0.237. The first-order valence-corrected chi connectivity index (χ1v) is 6.96. The molecule has 0 unspecified atom stereocenters. The van der Waals surface area contributed by atoms with Gasteiger partial charge in [-0.05, 0) is 12.1 Å². The Labute approximate surface area is 121 Å². The molecule has 0 bridgehead atoms. The average Bonchev–Trinajstić information content (AvgIpc) is 2.46. The molecule has 0 radical (unpaired) electrons. The Hall–Kier alpha value is -2.04. The van der Waals surface area contributed by atoms with Crippen molar-refractivity contribution in [2.75, 3.05) is 31.2 Å². The van der Waals surface area contributed by atoms with Crippen molar-refractivity contribution in [2.24, 2.45) is 0 Å². The Morgan fingerprint density at radius 3 is 2.65 bits per heavy atom. The van der Waals surface area contributed by atoms with E-state index in [1.54, 1.807) is 6.07 Å². The molecule has 2 amide bonds. The summed E-state index contributed by atoms with van der Waals surface area (Å²) < 4.78 is 0. The summed E-state index contributed by atoms with van der Waals surface area (Å²) in [7, 11) is 1.53. The summed E-state index contributed by atoms with van der Waals surface area (Å²) in [6, 6.07) is 9.32. The van der Waals surface area contributed by atoms with Gasteiger partial charge in [0.25, 0.3) is 0 Å². The molecule has 6 nitrogen and oxygen atoms in total. The third-order valence-corrected chi connectivity index (χ3v) is 3.24. The fourth-order valence-corrected chi connectivity index (χ4v) is 2.05. The second kappa shape index (κ2) is 8.96. The summed E-state index contributed by atoms with van der Waals surface area (Å²) >= 11 is 1.36. The summed E-state index contributed by atoms with van der Waals surface area (Å²) in [4.78, 5) is 23.6. The summed E-state index contributed by atoms with van der Waals surface area (Å²) in [6.07, 6.45) is 0. The van der Waals surface area contributed by atoms with Crippen molar-refractivity contribution in [3.63, 3.8) is 0 Å². The molecule has 0 saturated heterocycles. The Bertz CT molecular complexity index is 513. The number of likely N-dealkylation sites (N-methyl/N-ethyl adjacent to an activating group) is 1. The molecule has 20 heavy (non-hydrogen) atoms. The molecule has 3 N–H and O–H groups in total. The lowest BCUT2D eigenvalue weighted by Gasteiger charge is -2.10. The van der Waals surface area contributed by atoms with Gasteiger partial charge in [0.05, 0.1) is 30.6 Å². The molecule has 0 aliphatic rings. The van der Waals surface area contributed by atoms with Crippen molar-refractivity contribution >= 4 is 29.3 Å². The highest BCUT2D eigenvalue weighted by atomic mass is 32.2. The van der Waals surface area contributed by atoms with E-state index in [9.17, 15) is 9.59 Å². The number of nitriles is 1. The molecule has 106 valence electrons. The third kappa shape index (κ3) is 5.73. The smallest absolute Gasteiger partial charge is 0.238 e. The predicted octanol–water partition coefficient (Wildman–Crippen LogP) is 0.576. The van der Waals surface area contributed by atoms with Gasteiger partial charge in [-0.3, -0.25) is 14.9 Å². The van der Waals surface area contributed by atoms with E-state index >= 15 is 0 Å². The van der Waals surface area contributed by atoms with E-state index in [2.05, 4.69) is 16.0 Å². The molecule has 0 fully saturated rings. The molecule has 1 aromatic carbocycles.